The minimum atomic E-state index is -0.228. The number of rotatable bonds is 4. The summed E-state index contributed by atoms with van der Waals surface area (Å²) in [6.45, 7) is 0.684. The summed E-state index contributed by atoms with van der Waals surface area (Å²) < 4.78 is 19.2. The fourth-order valence-electron chi connectivity index (χ4n) is 2.93. The highest BCUT2D eigenvalue weighted by molar-refractivity contribution is 5.32. The number of hydrogen-bond acceptors (Lipinski definition) is 3. The Bertz CT molecular complexity index is 617. The van der Waals surface area contributed by atoms with Gasteiger partial charge in [0.05, 0.1) is 18.8 Å². The summed E-state index contributed by atoms with van der Waals surface area (Å²) in [6.07, 6.45) is 1.43. The predicted octanol–water partition coefficient (Wildman–Crippen LogP) is 2.51. The second kappa shape index (κ2) is 6.35. The van der Waals surface area contributed by atoms with Gasteiger partial charge in [-0.05, 0) is 41.7 Å². The summed E-state index contributed by atoms with van der Waals surface area (Å²) in [6, 6.07) is 14.8. The third kappa shape index (κ3) is 3.13. The average molecular weight is 286 g/mol. The molecule has 2 aromatic rings. The molecule has 110 valence electrons. The Kier molecular flexibility index (Phi) is 4.29. The molecule has 3 N–H and O–H groups in total. The van der Waals surface area contributed by atoms with Crippen LogP contribution in [-0.4, -0.2) is 12.6 Å². The Hall–Kier alpha value is -1.75. The van der Waals surface area contributed by atoms with E-state index in [2.05, 4.69) is 17.6 Å². The van der Waals surface area contributed by atoms with Crippen molar-refractivity contribution in [3.05, 3.63) is 71.0 Å². The van der Waals surface area contributed by atoms with Crippen molar-refractivity contribution in [3.63, 3.8) is 0 Å². The minimum absolute atomic E-state index is 0.0896. The maximum absolute atomic E-state index is 13.3. The Morgan fingerprint density at radius 2 is 2.10 bits per heavy atom. The molecule has 0 aliphatic carbocycles. The van der Waals surface area contributed by atoms with E-state index in [9.17, 15) is 4.39 Å². The molecule has 4 heteroatoms. The fourth-order valence-corrected chi connectivity index (χ4v) is 2.93. The van der Waals surface area contributed by atoms with E-state index in [1.54, 1.807) is 12.1 Å². The van der Waals surface area contributed by atoms with Crippen LogP contribution in [0, 0.1) is 5.82 Å². The van der Waals surface area contributed by atoms with Crippen LogP contribution in [-0.2, 0) is 17.6 Å². The number of hydrazine groups is 1. The molecule has 1 heterocycles. The third-order valence-electron chi connectivity index (χ3n) is 3.95. The highest BCUT2D eigenvalue weighted by Gasteiger charge is 2.28. The molecule has 3 nitrogen and oxygen atoms in total. The maximum atomic E-state index is 13.3. The van der Waals surface area contributed by atoms with Gasteiger partial charge in [-0.2, -0.15) is 0 Å². The molecule has 1 aliphatic heterocycles. The van der Waals surface area contributed by atoms with Crippen LogP contribution in [0.1, 0.15) is 22.8 Å². The molecule has 2 unspecified atom stereocenters. The molecule has 2 aromatic carbocycles. The van der Waals surface area contributed by atoms with Gasteiger partial charge in [-0.1, -0.05) is 36.4 Å². The van der Waals surface area contributed by atoms with E-state index in [1.165, 1.54) is 17.2 Å². The lowest BCUT2D eigenvalue weighted by atomic mass is 9.90. The highest BCUT2D eigenvalue weighted by atomic mass is 19.1. The van der Waals surface area contributed by atoms with E-state index >= 15 is 0 Å². The number of halogens is 1. The number of fused-ring (bicyclic) bond motifs is 1. The van der Waals surface area contributed by atoms with Gasteiger partial charge in [-0.25, -0.2) is 4.39 Å². The van der Waals surface area contributed by atoms with Crippen molar-refractivity contribution < 1.29 is 9.13 Å². The minimum Gasteiger partial charge on any atom is -0.371 e. The van der Waals surface area contributed by atoms with E-state index in [-0.39, 0.29) is 18.0 Å². The smallest absolute Gasteiger partial charge is 0.123 e. The topological polar surface area (TPSA) is 47.3 Å². The van der Waals surface area contributed by atoms with Gasteiger partial charge in [-0.3, -0.25) is 11.3 Å². The van der Waals surface area contributed by atoms with Gasteiger partial charge in [-0.15, -0.1) is 0 Å². The van der Waals surface area contributed by atoms with Crippen molar-refractivity contribution in [2.75, 3.05) is 6.61 Å². The summed E-state index contributed by atoms with van der Waals surface area (Å²) in [7, 11) is 0. The van der Waals surface area contributed by atoms with Gasteiger partial charge in [0.1, 0.15) is 5.82 Å². The molecule has 0 saturated carbocycles. The molecule has 0 radical (unpaired) electrons. The van der Waals surface area contributed by atoms with Crippen molar-refractivity contribution >= 4 is 0 Å². The molecular weight excluding hydrogens is 267 g/mol. The first-order valence-electron chi connectivity index (χ1n) is 7.18. The maximum Gasteiger partial charge on any atom is 0.123 e. The van der Waals surface area contributed by atoms with Crippen LogP contribution in [0.15, 0.2) is 48.5 Å². The van der Waals surface area contributed by atoms with Crippen LogP contribution in [0.4, 0.5) is 4.39 Å². The molecule has 1 aliphatic rings. The van der Waals surface area contributed by atoms with Gasteiger partial charge in [0.2, 0.25) is 0 Å². The zero-order valence-electron chi connectivity index (χ0n) is 11.8. The van der Waals surface area contributed by atoms with E-state index in [0.717, 1.165) is 12.0 Å². The summed E-state index contributed by atoms with van der Waals surface area (Å²) in [5.41, 5.74) is 6.21. The van der Waals surface area contributed by atoms with Crippen molar-refractivity contribution in [1.29, 1.82) is 0 Å². The lowest BCUT2D eigenvalue weighted by Crippen LogP contribution is -2.43. The number of nitrogens with two attached hydrogens (primary N) is 1. The van der Waals surface area contributed by atoms with E-state index in [4.69, 9.17) is 10.6 Å². The van der Waals surface area contributed by atoms with Crippen LogP contribution in [0.3, 0.4) is 0 Å². The molecule has 0 amide bonds. The Labute approximate surface area is 123 Å². The summed E-state index contributed by atoms with van der Waals surface area (Å²) >= 11 is 0. The molecular formula is C17H19FN2O. The fraction of sp³-hybridized carbons (Fsp3) is 0.294. The molecule has 3 rings (SSSR count). The van der Waals surface area contributed by atoms with Crippen molar-refractivity contribution in [3.8, 4) is 0 Å². The van der Waals surface area contributed by atoms with E-state index in [0.29, 0.717) is 13.0 Å². The van der Waals surface area contributed by atoms with Crippen LogP contribution in [0.5, 0.6) is 0 Å². The Morgan fingerprint density at radius 3 is 2.90 bits per heavy atom. The van der Waals surface area contributed by atoms with E-state index < -0.39 is 0 Å². The second-order valence-corrected chi connectivity index (χ2v) is 5.35. The predicted molar refractivity (Wildman–Crippen MR) is 80.1 cm³/mol. The van der Waals surface area contributed by atoms with Crippen LogP contribution in [0.25, 0.3) is 0 Å². The number of hydrogen-bond donors (Lipinski definition) is 2. The van der Waals surface area contributed by atoms with Gasteiger partial charge < -0.3 is 4.74 Å². The molecule has 0 fully saturated rings. The molecule has 0 bridgehead atoms. The van der Waals surface area contributed by atoms with Crippen LogP contribution < -0.4 is 11.3 Å². The van der Waals surface area contributed by atoms with Crippen molar-refractivity contribution in [1.82, 2.24) is 5.43 Å². The normalized spacial score (nSPS) is 19.0. The summed E-state index contributed by atoms with van der Waals surface area (Å²) in [5, 5.41) is 0. The summed E-state index contributed by atoms with van der Waals surface area (Å²) in [4.78, 5) is 0. The number of benzene rings is 2. The molecule has 0 aromatic heterocycles. The molecule has 21 heavy (non-hydrogen) atoms. The third-order valence-corrected chi connectivity index (χ3v) is 3.95. The average Bonchev–Trinajstić information content (AvgIpc) is 2.52. The van der Waals surface area contributed by atoms with Crippen molar-refractivity contribution in [2.24, 2.45) is 5.84 Å². The largest absolute Gasteiger partial charge is 0.371 e. The van der Waals surface area contributed by atoms with Gasteiger partial charge in [0.15, 0.2) is 0 Å². The quantitative estimate of drug-likeness (QED) is 0.670. The SMILES string of the molecule is NNC(Cc1cccc(F)c1)C1OCCc2ccccc21. The lowest BCUT2D eigenvalue weighted by molar-refractivity contribution is 0.0154. The standard InChI is InChI=1S/C17H19FN2O/c18-14-6-3-4-12(10-14)11-16(20-19)17-15-7-2-1-5-13(15)8-9-21-17/h1-7,10,16-17,20H,8-9,11,19H2. The van der Waals surface area contributed by atoms with Gasteiger partial charge in [0.25, 0.3) is 0 Å². The number of ether oxygens (including phenoxy) is 1. The Balaban J connectivity index is 1.84. The highest BCUT2D eigenvalue weighted by Crippen LogP contribution is 2.30. The summed E-state index contributed by atoms with van der Waals surface area (Å²) in [5.74, 6) is 5.49. The first-order valence-corrected chi connectivity index (χ1v) is 7.18. The molecule has 0 spiro atoms. The zero-order chi connectivity index (χ0) is 14.7. The van der Waals surface area contributed by atoms with Gasteiger partial charge >= 0.3 is 0 Å². The van der Waals surface area contributed by atoms with Crippen LogP contribution >= 0.6 is 0 Å². The first kappa shape index (κ1) is 14.2. The van der Waals surface area contributed by atoms with Crippen LogP contribution in [0.2, 0.25) is 0 Å². The molecule has 0 saturated heterocycles. The number of nitrogens with one attached hydrogen (secondary N) is 1. The van der Waals surface area contributed by atoms with Crippen molar-refractivity contribution in [2.45, 2.75) is 25.0 Å². The molecule has 2 atom stereocenters. The Morgan fingerprint density at radius 1 is 1.24 bits per heavy atom. The zero-order valence-corrected chi connectivity index (χ0v) is 11.8. The van der Waals surface area contributed by atoms with Gasteiger partial charge in [0, 0.05) is 0 Å². The lowest BCUT2D eigenvalue weighted by Gasteiger charge is -2.32. The van der Waals surface area contributed by atoms with E-state index in [1.807, 2.05) is 18.2 Å². The first-order chi connectivity index (χ1) is 10.3. The monoisotopic (exact) mass is 286 g/mol. The second-order valence-electron chi connectivity index (χ2n) is 5.35.